The van der Waals surface area contributed by atoms with Crippen molar-refractivity contribution in [3.8, 4) is 17.2 Å². The van der Waals surface area contributed by atoms with Gasteiger partial charge in [-0.25, -0.2) is 0 Å². The van der Waals surface area contributed by atoms with Gasteiger partial charge in [0.05, 0.1) is 12.3 Å². The zero-order valence-electron chi connectivity index (χ0n) is 14.4. The Morgan fingerprint density at radius 2 is 2.07 bits per heavy atom. The van der Waals surface area contributed by atoms with Gasteiger partial charge in [0.1, 0.15) is 18.1 Å². The smallest absolute Gasteiger partial charge is 0.272 e. The van der Waals surface area contributed by atoms with Crippen LogP contribution in [0.4, 0.5) is 0 Å². The summed E-state index contributed by atoms with van der Waals surface area (Å²) in [5.74, 6) is 1.29. The molecule has 1 aliphatic heterocycles. The predicted molar refractivity (Wildman–Crippen MR) is 101 cm³/mol. The highest BCUT2D eigenvalue weighted by molar-refractivity contribution is 5.93. The molecule has 27 heavy (non-hydrogen) atoms. The minimum absolute atomic E-state index is 0.112. The lowest BCUT2D eigenvalue weighted by Gasteiger charge is -2.27. The van der Waals surface area contributed by atoms with E-state index in [0.717, 1.165) is 23.1 Å². The lowest BCUT2D eigenvalue weighted by atomic mass is 9.96. The van der Waals surface area contributed by atoms with Gasteiger partial charge in [-0.15, -0.1) is 0 Å². The van der Waals surface area contributed by atoms with Crippen molar-refractivity contribution in [3.63, 3.8) is 0 Å². The molecule has 1 aliphatic rings. The van der Waals surface area contributed by atoms with E-state index in [9.17, 15) is 4.79 Å². The molecule has 6 heteroatoms. The Bertz CT molecular complexity index is 1110. The summed E-state index contributed by atoms with van der Waals surface area (Å²) >= 11 is 0. The molecule has 134 valence electrons. The van der Waals surface area contributed by atoms with Crippen LogP contribution in [0.15, 0.2) is 65.3 Å². The molecular formula is C21H17N3O3. The standard InChI is InChI=1S/C21H17N3O3/c25-21(18-11-17(23-24-18)20-6-3-9-26-20)22-14-10-16-15-5-2-1-4-13(15)7-8-19(16)27-12-14/h1-9,11,14H,10,12H2,(H,22,25)(H,23,24). The highest BCUT2D eigenvalue weighted by Crippen LogP contribution is 2.32. The number of carbonyl (C=O) groups excluding carboxylic acids is 1. The maximum atomic E-state index is 12.6. The molecule has 3 heterocycles. The maximum Gasteiger partial charge on any atom is 0.272 e. The molecule has 1 atom stereocenters. The van der Waals surface area contributed by atoms with Crippen LogP contribution >= 0.6 is 0 Å². The molecular weight excluding hydrogens is 342 g/mol. The van der Waals surface area contributed by atoms with E-state index in [1.807, 2.05) is 24.3 Å². The third-order valence-electron chi connectivity index (χ3n) is 4.82. The molecule has 0 saturated carbocycles. The van der Waals surface area contributed by atoms with Gasteiger partial charge in [0.25, 0.3) is 5.91 Å². The largest absolute Gasteiger partial charge is 0.491 e. The summed E-state index contributed by atoms with van der Waals surface area (Å²) in [7, 11) is 0. The number of furan rings is 1. The fraction of sp³-hybridized carbons (Fsp3) is 0.143. The fourth-order valence-corrected chi connectivity index (χ4v) is 3.51. The quantitative estimate of drug-likeness (QED) is 0.586. The van der Waals surface area contributed by atoms with E-state index in [1.54, 1.807) is 18.4 Å². The fourth-order valence-electron chi connectivity index (χ4n) is 3.51. The Morgan fingerprint density at radius 1 is 1.15 bits per heavy atom. The number of ether oxygens (including phenoxy) is 1. The van der Waals surface area contributed by atoms with Gasteiger partial charge in [-0.3, -0.25) is 9.89 Å². The van der Waals surface area contributed by atoms with Crippen molar-refractivity contribution in [2.24, 2.45) is 0 Å². The SMILES string of the molecule is O=C(NC1COc2ccc3ccccc3c2C1)c1cc(-c2ccco2)[nH]n1. The van der Waals surface area contributed by atoms with Crippen LogP contribution in [0.1, 0.15) is 16.1 Å². The Kier molecular flexibility index (Phi) is 3.67. The van der Waals surface area contributed by atoms with Crippen molar-refractivity contribution in [1.29, 1.82) is 0 Å². The molecule has 0 radical (unpaired) electrons. The first-order chi connectivity index (χ1) is 13.3. The number of nitrogens with zero attached hydrogens (tertiary/aromatic N) is 1. The van der Waals surface area contributed by atoms with Gasteiger partial charge in [-0.05, 0) is 29.0 Å². The summed E-state index contributed by atoms with van der Waals surface area (Å²) in [5, 5.41) is 12.3. The number of carbonyl (C=O) groups is 1. The van der Waals surface area contributed by atoms with Crippen molar-refractivity contribution < 1.29 is 13.9 Å². The van der Waals surface area contributed by atoms with Gasteiger partial charge in [-0.1, -0.05) is 30.3 Å². The molecule has 2 aromatic heterocycles. The Balaban J connectivity index is 1.35. The third-order valence-corrected chi connectivity index (χ3v) is 4.82. The lowest BCUT2D eigenvalue weighted by molar-refractivity contribution is 0.0910. The maximum absolute atomic E-state index is 12.6. The van der Waals surface area contributed by atoms with Gasteiger partial charge in [0.15, 0.2) is 11.5 Å². The molecule has 0 saturated heterocycles. The van der Waals surface area contributed by atoms with Crippen LogP contribution in [0, 0.1) is 0 Å². The number of nitrogens with one attached hydrogen (secondary N) is 2. The zero-order valence-corrected chi connectivity index (χ0v) is 14.4. The molecule has 0 fully saturated rings. The summed E-state index contributed by atoms with van der Waals surface area (Å²) in [5.41, 5.74) is 2.12. The second-order valence-electron chi connectivity index (χ2n) is 6.59. The van der Waals surface area contributed by atoms with Gasteiger partial charge < -0.3 is 14.5 Å². The number of H-pyrrole nitrogens is 1. The van der Waals surface area contributed by atoms with Crippen LogP contribution in [0.5, 0.6) is 5.75 Å². The summed E-state index contributed by atoms with van der Waals surface area (Å²) in [6.07, 6.45) is 2.30. The molecule has 6 nitrogen and oxygen atoms in total. The molecule has 2 N–H and O–H groups in total. The number of aromatic amines is 1. The van der Waals surface area contributed by atoms with Crippen LogP contribution < -0.4 is 10.1 Å². The predicted octanol–water partition coefficient (Wildman–Crippen LogP) is 3.56. The van der Waals surface area contributed by atoms with Crippen molar-refractivity contribution in [2.75, 3.05) is 6.61 Å². The lowest BCUT2D eigenvalue weighted by Crippen LogP contribution is -2.42. The molecule has 2 aromatic carbocycles. The monoisotopic (exact) mass is 359 g/mol. The van der Waals surface area contributed by atoms with Crippen molar-refractivity contribution in [3.05, 3.63) is 72.1 Å². The number of rotatable bonds is 3. The number of amides is 1. The van der Waals surface area contributed by atoms with Crippen LogP contribution in [-0.2, 0) is 6.42 Å². The molecule has 1 unspecified atom stereocenters. The van der Waals surface area contributed by atoms with E-state index in [4.69, 9.17) is 9.15 Å². The number of benzene rings is 2. The highest BCUT2D eigenvalue weighted by atomic mass is 16.5. The topological polar surface area (TPSA) is 80.1 Å². The second-order valence-corrected chi connectivity index (χ2v) is 6.59. The van der Waals surface area contributed by atoms with Gasteiger partial charge >= 0.3 is 0 Å². The van der Waals surface area contributed by atoms with Crippen LogP contribution in [-0.4, -0.2) is 28.8 Å². The average Bonchev–Trinajstić information content (AvgIpc) is 3.39. The third kappa shape index (κ3) is 2.85. The molecule has 0 bridgehead atoms. The summed E-state index contributed by atoms with van der Waals surface area (Å²) in [4.78, 5) is 12.6. The Hall–Kier alpha value is -3.54. The average molecular weight is 359 g/mol. The molecule has 5 rings (SSSR count). The number of hydrogen-bond acceptors (Lipinski definition) is 4. The Morgan fingerprint density at radius 3 is 2.96 bits per heavy atom. The van der Waals surface area contributed by atoms with Gasteiger partial charge in [0.2, 0.25) is 0 Å². The zero-order chi connectivity index (χ0) is 18.2. The molecule has 0 aliphatic carbocycles. The van der Waals surface area contributed by atoms with E-state index >= 15 is 0 Å². The molecule has 4 aromatic rings. The number of aromatic nitrogens is 2. The van der Waals surface area contributed by atoms with Gasteiger partial charge in [0, 0.05) is 18.1 Å². The molecule has 0 spiro atoms. The second kappa shape index (κ2) is 6.32. The van der Waals surface area contributed by atoms with E-state index in [0.29, 0.717) is 23.8 Å². The van der Waals surface area contributed by atoms with E-state index < -0.39 is 0 Å². The normalized spacial score (nSPS) is 15.9. The van der Waals surface area contributed by atoms with Crippen LogP contribution in [0.25, 0.3) is 22.2 Å². The van der Waals surface area contributed by atoms with Crippen LogP contribution in [0.3, 0.4) is 0 Å². The summed E-state index contributed by atoms with van der Waals surface area (Å²) < 4.78 is 11.2. The van der Waals surface area contributed by atoms with E-state index in [2.05, 4.69) is 33.7 Å². The Labute approximate surface area is 155 Å². The van der Waals surface area contributed by atoms with E-state index in [1.165, 1.54) is 5.39 Å². The van der Waals surface area contributed by atoms with Crippen molar-refractivity contribution >= 4 is 16.7 Å². The molecule has 1 amide bonds. The van der Waals surface area contributed by atoms with Crippen LogP contribution in [0.2, 0.25) is 0 Å². The minimum Gasteiger partial charge on any atom is -0.491 e. The first kappa shape index (κ1) is 15.7. The van der Waals surface area contributed by atoms with E-state index in [-0.39, 0.29) is 11.9 Å². The van der Waals surface area contributed by atoms with Gasteiger partial charge in [-0.2, -0.15) is 5.10 Å². The first-order valence-electron chi connectivity index (χ1n) is 8.81. The number of fused-ring (bicyclic) bond motifs is 3. The van der Waals surface area contributed by atoms with Crippen molar-refractivity contribution in [2.45, 2.75) is 12.5 Å². The van der Waals surface area contributed by atoms with Crippen molar-refractivity contribution in [1.82, 2.24) is 15.5 Å². The summed E-state index contributed by atoms with van der Waals surface area (Å²) in [6.45, 7) is 0.437. The highest BCUT2D eigenvalue weighted by Gasteiger charge is 2.24. The summed E-state index contributed by atoms with van der Waals surface area (Å²) in [6, 6.07) is 17.4. The number of hydrogen-bond donors (Lipinski definition) is 2. The minimum atomic E-state index is -0.235. The first-order valence-corrected chi connectivity index (χ1v) is 8.81.